The summed E-state index contributed by atoms with van der Waals surface area (Å²) in [5, 5.41) is 17.3. The molecule has 0 aliphatic heterocycles. The molecule has 2 aromatic heterocycles. The molecule has 3 rings (SSSR count). The molecule has 0 bridgehead atoms. The molecule has 1 N–H and O–H groups in total. The van der Waals surface area contributed by atoms with Crippen LogP contribution in [0.25, 0.3) is 10.1 Å². The van der Waals surface area contributed by atoms with Crippen LogP contribution in [0.5, 0.6) is 0 Å². The van der Waals surface area contributed by atoms with E-state index in [0.717, 1.165) is 22.1 Å². The van der Waals surface area contributed by atoms with Gasteiger partial charge in [0.25, 0.3) is 5.91 Å². The second-order valence-electron chi connectivity index (χ2n) is 4.76. The Morgan fingerprint density at radius 1 is 1.38 bits per heavy atom. The first-order valence-corrected chi connectivity index (χ1v) is 7.63. The van der Waals surface area contributed by atoms with Crippen LogP contribution in [0.4, 0.5) is 5.95 Å². The smallest absolute Gasteiger partial charge is 0.258 e. The lowest BCUT2D eigenvalue weighted by Gasteiger charge is -2.08. The largest absolute Gasteiger partial charge is 0.289 e. The summed E-state index contributed by atoms with van der Waals surface area (Å²) in [5.74, 6) is 0.197. The van der Waals surface area contributed by atoms with Crippen LogP contribution in [0.1, 0.15) is 29.3 Å². The van der Waals surface area contributed by atoms with E-state index < -0.39 is 0 Å². The number of nitrogens with zero attached hydrogens (tertiary/aromatic N) is 4. The zero-order valence-electron chi connectivity index (χ0n) is 11.8. The van der Waals surface area contributed by atoms with Crippen LogP contribution in [0.2, 0.25) is 0 Å². The van der Waals surface area contributed by atoms with Crippen LogP contribution >= 0.6 is 11.3 Å². The van der Waals surface area contributed by atoms with Gasteiger partial charge in [-0.05, 0) is 52.2 Å². The second-order valence-corrected chi connectivity index (χ2v) is 5.67. The van der Waals surface area contributed by atoms with Crippen molar-refractivity contribution >= 4 is 33.3 Å². The van der Waals surface area contributed by atoms with Crippen molar-refractivity contribution in [3.8, 4) is 0 Å². The number of carbonyl (C=O) groups excluding carboxylic acids is 1. The standard InChI is InChI=1S/C14H15N5OS/c1-3-7-19-14(16-17-18-19)15-13(20)11-5-4-10-6-8-21-12(10)9(11)2/h4-6,8H,3,7H2,1-2H3,(H,15,16,18,20). The minimum absolute atomic E-state index is 0.185. The number of fused-ring (bicyclic) bond motifs is 1. The average Bonchev–Trinajstić information content (AvgIpc) is 3.09. The summed E-state index contributed by atoms with van der Waals surface area (Å²) >= 11 is 1.64. The summed E-state index contributed by atoms with van der Waals surface area (Å²) in [6, 6.07) is 5.85. The number of hydrogen-bond acceptors (Lipinski definition) is 5. The summed E-state index contributed by atoms with van der Waals surface area (Å²) in [5.41, 5.74) is 1.63. The Kier molecular flexibility index (Phi) is 3.66. The van der Waals surface area contributed by atoms with E-state index in [4.69, 9.17) is 0 Å². The van der Waals surface area contributed by atoms with E-state index >= 15 is 0 Å². The number of aryl methyl sites for hydroxylation is 2. The van der Waals surface area contributed by atoms with Crippen molar-refractivity contribution in [2.75, 3.05) is 5.32 Å². The predicted molar refractivity (Wildman–Crippen MR) is 82.6 cm³/mol. The van der Waals surface area contributed by atoms with E-state index in [0.29, 0.717) is 18.1 Å². The molecule has 0 aliphatic rings. The highest BCUT2D eigenvalue weighted by Crippen LogP contribution is 2.27. The van der Waals surface area contributed by atoms with Gasteiger partial charge in [-0.1, -0.05) is 18.1 Å². The normalized spacial score (nSPS) is 11.0. The zero-order chi connectivity index (χ0) is 14.8. The first-order valence-electron chi connectivity index (χ1n) is 6.75. The fourth-order valence-corrected chi connectivity index (χ4v) is 3.16. The molecular formula is C14H15N5OS. The lowest BCUT2D eigenvalue weighted by atomic mass is 10.1. The van der Waals surface area contributed by atoms with Crippen LogP contribution in [-0.4, -0.2) is 26.1 Å². The van der Waals surface area contributed by atoms with Crippen LogP contribution in [0.15, 0.2) is 23.6 Å². The first-order chi connectivity index (χ1) is 10.2. The number of rotatable bonds is 4. The minimum atomic E-state index is -0.185. The zero-order valence-corrected chi connectivity index (χ0v) is 12.6. The van der Waals surface area contributed by atoms with Crippen molar-refractivity contribution in [3.63, 3.8) is 0 Å². The van der Waals surface area contributed by atoms with E-state index in [2.05, 4.69) is 26.9 Å². The van der Waals surface area contributed by atoms with E-state index in [1.807, 2.05) is 31.4 Å². The topological polar surface area (TPSA) is 72.7 Å². The molecule has 0 radical (unpaired) electrons. The molecule has 2 heterocycles. The Bertz CT molecular complexity index is 792. The van der Waals surface area contributed by atoms with Crippen molar-refractivity contribution in [3.05, 3.63) is 34.7 Å². The molecule has 21 heavy (non-hydrogen) atoms. The van der Waals surface area contributed by atoms with Gasteiger partial charge < -0.3 is 0 Å². The van der Waals surface area contributed by atoms with Gasteiger partial charge in [-0.25, -0.2) is 4.68 Å². The van der Waals surface area contributed by atoms with Gasteiger partial charge in [-0.2, -0.15) is 0 Å². The Morgan fingerprint density at radius 2 is 2.24 bits per heavy atom. The molecule has 3 aromatic rings. The van der Waals surface area contributed by atoms with Crippen LogP contribution in [-0.2, 0) is 6.54 Å². The molecule has 0 fully saturated rings. The van der Waals surface area contributed by atoms with Crippen LogP contribution in [0, 0.1) is 6.92 Å². The number of hydrogen-bond donors (Lipinski definition) is 1. The van der Waals surface area contributed by atoms with E-state index in [9.17, 15) is 4.79 Å². The van der Waals surface area contributed by atoms with Crippen molar-refractivity contribution in [2.45, 2.75) is 26.8 Å². The van der Waals surface area contributed by atoms with Crippen molar-refractivity contribution in [1.29, 1.82) is 0 Å². The third-order valence-corrected chi connectivity index (χ3v) is 4.36. The number of benzene rings is 1. The summed E-state index contributed by atoms with van der Waals surface area (Å²) in [4.78, 5) is 12.4. The fraction of sp³-hybridized carbons (Fsp3) is 0.286. The second kappa shape index (κ2) is 5.61. The maximum atomic E-state index is 12.4. The maximum absolute atomic E-state index is 12.4. The lowest BCUT2D eigenvalue weighted by molar-refractivity contribution is 0.102. The summed E-state index contributed by atoms with van der Waals surface area (Å²) in [6.07, 6.45) is 0.897. The highest BCUT2D eigenvalue weighted by atomic mass is 32.1. The Hall–Kier alpha value is -2.28. The molecule has 0 saturated carbocycles. The Labute approximate surface area is 125 Å². The maximum Gasteiger partial charge on any atom is 0.258 e. The average molecular weight is 301 g/mol. The van der Waals surface area contributed by atoms with Gasteiger partial charge in [0.1, 0.15) is 0 Å². The summed E-state index contributed by atoms with van der Waals surface area (Å²) in [7, 11) is 0. The van der Waals surface area contributed by atoms with Gasteiger partial charge in [0.2, 0.25) is 5.95 Å². The monoisotopic (exact) mass is 301 g/mol. The van der Waals surface area contributed by atoms with Crippen molar-refractivity contribution in [1.82, 2.24) is 20.2 Å². The number of tetrazole rings is 1. The molecule has 0 saturated heterocycles. The molecule has 6 nitrogen and oxygen atoms in total. The molecule has 7 heteroatoms. The SMILES string of the molecule is CCCn1nnnc1NC(=O)c1ccc2ccsc2c1C. The minimum Gasteiger partial charge on any atom is -0.289 e. The van der Waals surface area contributed by atoms with Gasteiger partial charge in [-0.3, -0.25) is 10.1 Å². The molecule has 108 valence electrons. The van der Waals surface area contributed by atoms with Crippen molar-refractivity contribution in [2.24, 2.45) is 0 Å². The first kappa shape index (κ1) is 13.7. The van der Waals surface area contributed by atoms with Gasteiger partial charge in [0, 0.05) is 16.8 Å². The van der Waals surface area contributed by atoms with Gasteiger partial charge in [0.05, 0.1) is 0 Å². The molecule has 1 aromatic carbocycles. The number of anilines is 1. The molecule has 0 spiro atoms. The number of thiophene rings is 1. The summed E-state index contributed by atoms with van der Waals surface area (Å²) < 4.78 is 2.73. The van der Waals surface area contributed by atoms with Crippen molar-refractivity contribution < 1.29 is 4.79 Å². The summed E-state index contributed by atoms with van der Waals surface area (Å²) in [6.45, 7) is 4.66. The predicted octanol–water partition coefficient (Wildman–Crippen LogP) is 2.86. The van der Waals surface area contributed by atoms with E-state index in [-0.39, 0.29) is 5.91 Å². The van der Waals surface area contributed by atoms with Crippen LogP contribution < -0.4 is 5.32 Å². The Balaban J connectivity index is 1.90. The number of amides is 1. The van der Waals surface area contributed by atoms with E-state index in [1.54, 1.807) is 16.0 Å². The number of aromatic nitrogens is 4. The molecule has 0 atom stereocenters. The van der Waals surface area contributed by atoms with Gasteiger partial charge in [-0.15, -0.1) is 11.3 Å². The number of carbonyl (C=O) groups is 1. The Morgan fingerprint density at radius 3 is 3.05 bits per heavy atom. The van der Waals surface area contributed by atoms with Gasteiger partial charge >= 0.3 is 0 Å². The lowest BCUT2D eigenvalue weighted by Crippen LogP contribution is -2.17. The van der Waals surface area contributed by atoms with Crippen LogP contribution in [0.3, 0.4) is 0 Å². The van der Waals surface area contributed by atoms with E-state index in [1.165, 1.54) is 0 Å². The molecule has 0 aliphatic carbocycles. The van der Waals surface area contributed by atoms with Gasteiger partial charge in [0.15, 0.2) is 0 Å². The molecule has 1 amide bonds. The molecular weight excluding hydrogens is 286 g/mol. The highest BCUT2D eigenvalue weighted by molar-refractivity contribution is 7.17. The fourth-order valence-electron chi connectivity index (χ4n) is 2.25. The highest BCUT2D eigenvalue weighted by Gasteiger charge is 2.15. The molecule has 0 unspecified atom stereocenters. The third-order valence-electron chi connectivity index (χ3n) is 3.31. The third kappa shape index (κ3) is 2.52. The number of nitrogens with one attached hydrogen (secondary N) is 1. The quantitative estimate of drug-likeness (QED) is 0.804.